The van der Waals surface area contributed by atoms with Crippen LogP contribution in [0.15, 0.2) is 5.10 Å². The van der Waals surface area contributed by atoms with Gasteiger partial charge in [-0.3, -0.25) is 0 Å². The molecule has 0 aliphatic heterocycles. The molecule has 0 aliphatic carbocycles. The van der Waals surface area contributed by atoms with Crippen LogP contribution < -0.4 is 10.7 Å². The Labute approximate surface area is 83.8 Å². The average molecular weight is 252 g/mol. The number of hydrogen-bond donors (Lipinski definition) is 2. The molecule has 0 aromatic heterocycles. The van der Waals surface area contributed by atoms with Gasteiger partial charge >= 0.3 is 12.0 Å². The maximum atomic E-state index is 10.9. The zero-order valence-corrected chi connectivity index (χ0v) is 8.84. The van der Waals surface area contributed by atoms with Crippen LogP contribution in [-0.2, 0) is 9.53 Å². The van der Waals surface area contributed by atoms with Crippen molar-refractivity contribution in [2.75, 3.05) is 13.7 Å². The van der Waals surface area contributed by atoms with Gasteiger partial charge in [0.25, 0.3) is 0 Å². The predicted octanol–water partition coefficient (Wildman–Crippen LogP) is 0.187. The van der Waals surface area contributed by atoms with E-state index in [1.165, 1.54) is 7.05 Å². The number of nitrogens with zero attached hydrogens (tertiary/aromatic N) is 1. The fourth-order valence-electron chi connectivity index (χ4n) is 0.392. The molecule has 0 heterocycles. The largest absolute Gasteiger partial charge is 0.461 e. The van der Waals surface area contributed by atoms with Gasteiger partial charge in [-0.25, -0.2) is 15.0 Å². The number of hydrazone groups is 1. The number of carbonyl (C=O) groups excluding carboxylic acids is 2. The number of esters is 1. The van der Waals surface area contributed by atoms with Crippen LogP contribution in [0.25, 0.3) is 0 Å². The molecule has 0 saturated carbocycles. The summed E-state index contributed by atoms with van der Waals surface area (Å²) in [6.45, 7) is 1.92. The van der Waals surface area contributed by atoms with Crippen molar-refractivity contribution < 1.29 is 14.3 Å². The second kappa shape index (κ2) is 6.41. The highest BCUT2D eigenvalue weighted by molar-refractivity contribution is 9.19. The Balaban J connectivity index is 4.01. The molecule has 0 radical (unpaired) electrons. The quantitative estimate of drug-likeness (QED) is 0.427. The minimum Gasteiger partial charge on any atom is -0.461 e. The van der Waals surface area contributed by atoms with E-state index >= 15 is 0 Å². The van der Waals surface area contributed by atoms with Crippen LogP contribution in [0, 0.1) is 0 Å². The Bertz CT molecular complexity index is 229. The third kappa shape index (κ3) is 5.18. The molecule has 2 amide bonds. The molecule has 6 nitrogen and oxygen atoms in total. The summed E-state index contributed by atoms with van der Waals surface area (Å²) in [6, 6.07) is -0.513. The molecule has 74 valence electrons. The van der Waals surface area contributed by atoms with Gasteiger partial charge in [-0.15, -0.1) is 0 Å². The van der Waals surface area contributed by atoms with Crippen LogP contribution in [0.4, 0.5) is 4.79 Å². The van der Waals surface area contributed by atoms with Crippen molar-refractivity contribution in [1.82, 2.24) is 10.7 Å². The van der Waals surface area contributed by atoms with E-state index in [0.29, 0.717) is 0 Å². The molecule has 0 saturated heterocycles. The molecule has 0 aromatic rings. The first-order valence-corrected chi connectivity index (χ1v) is 4.29. The maximum Gasteiger partial charge on any atom is 0.366 e. The highest BCUT2D eigenvalue weighted by Gasteiger charge is 2.08. The molecule has 0 spiro atoms. The number of halogens is 1. The molecule has 0 aliphatic rings. The number of nitrogens with one attached hydrogen (secondary N) is 2. The van der Waals surface area contributed by atoms with Gasteiger partial charge in [0.1, 0.15) is 0 Å². The predicted molar refractivity (Wildman–Crippen MR) is 50.6 cm³/mol. The number of hydrogen-bond acceptors (Lipinski definition) is 4. The lowest BCUT2D eigenvalue weighted by Crippen LogP contribution is -2.30. The molecular formula is C6H10BrN3O3. The second-order valence-corrected chi connectivity index (χ2v) is 2.57. The lowest BCUT2D eigenvalue weighted by atomic mass is 10.7. The number of carbonyl (C=O) groups is 2. The Morgan fingerprint density at radius 2 is 2.15 bits per heavy atom. The maximum absolute atomic E-state index is 10.9. The molecule has 13 heavy (non-hydrogen) atoms. The van der Waals surface area contributed by atoms with Crippen LogP contribution in [0.3, 0.4) is 0 Å². The Morgan fingerprint density at radius 3 is 2.62 bits per heavy atom. The minimum atomic E-state index is -0.626. The normalized spacial score (nSPS) is 10.5. The van der Waals surface area contributed by atoms with Crippen molar-refractivity contribution in [3.8, 4) is 0 Å². The van der Waals surface area contributed by atoms with E-state index < -0.39 is 12.0 Å². The average Bonchev–Trinajstić information content (AvgIpc) is 2.13. The van der Waals surface area contributed by atoms with Gasteiger partial charge in [0, 0.05) is 7.05 Å². The first kappa shape index (κ1) is 11.9. The van der Waals surface area contributed by atoms with Crippen molar-refractivity contribution in [3.63, 3.8) is 0 Å². The van der Waals surface area contributed by atoms with Crippen molar-refractivity contribution in [2.24, 2.45) is 5.10 Å². The zero-order valence-electron chi connectivity index (χ0n) is 7.26. The molecular weight excluding hydrogens is 242 g/mol. The smallest absolute Gasteiger partial charge is 0.366 e. The van der Waals surface area contributed by atoms with Gasteiger partial charge in [-0.2, -0.15) is 5.10 Å². The monoisotopic (exact) mass is 251 g/mol. The van der Waals surface area contributed by atoms with Crippen molar-refractivity contribution >= 4 is 32.6 Å². The van der Waals surface area contributed by atoms with Crippen LogP contribution in [0.5, 0.6) is 0 Å². The van der Waals surface area contributed by atoms with Gasteiger partial charge in [-0.1, -0.05) is 0 Å². The Hall–Kier alpha value is -1.11. The lowest BCUT2D eigenvalue weighted by Gasteiger charge is -1.99. The van der Waals surface area contributed by atoms with Crippen molar-refractivity contribution in [3.05, 3.63) is 0 Å². The summed E-state index contributed by atoms with van der Waals surface area (Å²) in [5.74, 6) is -0.626. The number of urea groups is 1. The summed E-state index contributed by atoms with van der Waals surface area (Å²) in [4.78, 5) is 21.5. The molecule has 0 unspecified atom stereocenters. The van der Waals surface area contributed by atoms with Crippen LogP contribution in [0.1, 0.15) is 6.92 Å². The van der Waals surface area contributed by atoms with E-state index in [1.807, 2.05) is 0 Å². The van der Waals surface area contributed by atoms with Gasteiger partial charge in [0.05, 0.1) is 6.61 Å². The fourth-order valence-corrected chi connectivity index (χ4v) is 0.595. The molecule has 0 atom stereocenters. The highest BCUT2D eigenvalue weighted by atomic mass is 79.9. The summed E-state index contributed by atoms with van der Waals surface area (Å²) >= 11 is 2.83. The van der Waals surface area contributed by atoms with E-state index in [9.17, 15) is 9.59 Å². The van der Waals surface area contributed by atoms with Crippen LogP contribution in [0.2, 0.25) is 0 Å². The summed E-state index contributed by atoms with van der Waals surface area (Å²) in [5, 5.41) is 5.67. The molecule has 2 N–H and O–H groups in total. The summed E-state index contributed by atoms with van der Waals surface area (Å²) < 4.78 is 4.50. The van der Waals surface area contributed by atoms with Gasteiger partial charge in [0.15, 0.2) is 0 Å². The Kier molecular flexibility index (Phi) is 5.86. The molecule has 0 rings (SSSR count). The minimum absolute atomic E-state index is 0.0852. The van der Waals surface area contributed by atoms with E-state index in [0.717, 1.165) is 0 Å². The number of amides is 2. The SMILES string of the molecule is CCOC(=O)/C(Br)=N/NC(=O)NC. The van der Waals surface area contributed by atoms with Crippen molar-refractivity contribution in [1.29, 1.82) is 0 Å². The molecule has 0 aromatic carbocycles. The van der Waals surface area contributed by atoms with E-state index in [-0.39, 0.29) is 11.2 Å². The molecule has 0 bridgehead atoms. The van der Waals surface area contributed by atoms with E-state index in [4.69, 9.17) is 0 Å². The standard InChI is InChI=1S/C6H10BrN3O3/c1-3-13-5(11)4(7)9-10-6(12)8-2/h3H2,1-2H3,(H2,8,10,12)/b9-4-. The second-order valence-electron chi connectivity index (χ2n) is 1.81. The van der Waals surface area contributed by atoms with Gasteiger partial charge < -0.3 is 10.1 Å². The van der Waals surface area contributed by atoms with E-state index in [1.54, 1.807) is 6.92 Å². The lowest BCUT2D eigenvalue weighted by molar-refractivity contribution is -0.134. The van der Waals surface area contributed by atoms with Crippen LogP contribution >= 0.6 is 15.9 Å². The first-order chi connectivity index (χ1) is 6.11. The highest BCUT2D eigenvalue weighted by Crippen LogP contribution is 1.92. The third-order valence-electron chi connectivity index (χ3n) is 0.927. The third-order valence-corrected chi connectivity index (χ3v) is 1.43. The van der Waals surface area contributed by atoms with Gasteiger partial charge in [-0.05, 0) is 22.9 Å². The van der Waals surface area contributed by atoms with Crippen molar-refractivity contribution in [2.45, 2.75) is 6.92 Å². The summed E-state index contributed by atoms with van der Waals surface area (Å²) in [6.07, 6.45) is 0. The van der Waals surface area contributed by atoms with E-state index in [2.05, 4.69) is 36.5 Å². The molecule has 0 fully saturated rings. The fraction of sp³-hybridized carbons (Fsp3) is 0.500. The summed E-state index contributed by atoms with van der Waals surface area (Å²) in [7, 11) is 1.43. The van der Waals surface area contributed by atoms with Gasteiger partial charge in [0.2, 0.25) is 4.62 Å². The molecule has 7 heteroatoms. The zero-order chi connectivity index (χ0) is 10.3. The van der Waals surface area contributed by atoms with Crippen LogP contribution in [-0.4, -0.2) is 30.3 Å². The first-order valence-electron chi connectivity index (χ1n) is 3.49. The Morgan fingerprint density at radius 1 is 1.54 bits per heavy atom. The summed E-state index contributed by atoms with van der Waals surface area (Å²) in [5.41, 5.74) is 2.06. The number of rotatable bonds is 3. The number of ether oxygens (including phenoxy) is 1. The topological polar surface area (TPSA) is 79.8 Å².